The van der Waals surface area contributed by atoms with E-state index in [0.717, 1.165) is 36.3 Å². The predicted molar refractivity (Wildman–Crippen MR) is 120 cm³/mol. The molecule has 1 atom stereocenters. The highest BCUT2D eigenvalue weighted by Crippen LogP contribution is 2.34. The Bertz CT molecular complexity index is 1110. The van der Waals surface area contributed by atoms with Gasteiger partial charge in [-0.05, 0) is 25.3 Å². The van der Waals surface area contributed by atoms with Crippen LogP contribution in [0.1, 0.15) is 59.7 Å². The summed E-state index contributed by atoms with van der Waals surface area (Å²) in [5, 5.41) is 0. The highest BCUT2D eigenvalue weighted by Gasteiger charge is 2.33. The molecule has 0 unspecified atom stereocenters. The van der Waals surface area contributed by atoms with E-state index >= 15 is 0 Å². The van der Waals surface area contributed by atoms with Crippen molar-refractivity contribution in [2.45, 2.75) is 45.2 Å². The first kappa shape index (κ1) is 22.0. The maximum absolute atomic E-state index is 13.4. The Balaban J connectivity index is 1.71. The van der Waals surface area contributed by atoms with Crippen molar-refractivity contribution in [1.82, 2.24) is 24.3 Å². The second-order valence-electron chi connectivity index (χ2n) is 8.79. The van der Waals surface area contributed by atoms with Crippen LogP contribution in [0, 0.1) is 0 Å². The van der Waals surface area contributed by atoms with Crippen molar-refractivity contribution in [3.05, 3.63) is 51.3 Å². The molecule has 2 aromatic rings. The molecule has 0 N–H and O–H groups in total. The monoisotopic (exact) mass is 438 g/mol. The zero-order valence-electron chi connectivity index (χ0n) is 19.2. The molecule has 2 aliphatic rings. The van der Waals surface area contributed by atoms with Crippen LogP contribution in [-0.2, 0) is 24.8 Å². The summed E-state index contributed by atoms with van der Waals surface area (Å²) in [6.45, 7) is 3.35. The molecule has 170 valence electrons. The number of amides is 2. The van der Waals surface area contributed by atoms with Gasteiger partial charge in [0.1, 0.15) is 5.82 Å². The molecule has 4 rings (SSSR count). The minimum absolute atomic E-state index is 0.0470. The fraction of sp³-hybridized carbons (Fsp3) is 0.522. The minimum Gasteiger partial charge on any atom is -0.362 e. The van der Waals surface area contributed by atoms with Crippen molar-refractivity contribution in [2.24, 2.45) is 7.05 Å². The molecule has 0 spiro atoms. The Labute approximate surface area is 187 Å². The first-order chi connectivity index (χ1) is 15.3. The van der Waals surface area contributed by atoms with Gasteiger partial charge in [0.15, 0.2) is 5.82 Å². The van der Waals surface area contributed by atoms with Crippen LogP contribution >= 0.6 is 0 Å². The Kier molecular flexibility index (Phi) is 5.99. The van der Waals surface area contributed by atoms with Gasteiger partial charge in [-0.3, -0.25) is 14.4 Å². The molecule has 1 fully saturated rings. The second-order valence-corrected chi connectivity index (χ2v) is 8.79. The zero-order valence-corrected chi connectivity index (χ0v) is 19.2. The van der Waals surface area contributed by atoms with Crippen LogP contribution in [0.5, 0.6) is 0 Å². The number of pyridine rings is 1. The van der Waals surface area contributed by atoms with E-state index in [1.165, 1.54) is 10.6 Å². The topological polar surface area (TPSA) is 91.6 Å². The fourth-order valence-electron chi connectivity index (χ4n) is 4.53. The quantitative estimate of drug-likeness (QED) is 0.722. The molecule has 0 aromatic carbocycles. The Morgan fingerprint density at radius 3 is 2.59 bits per heavy atom. The van der Waals surface area contributed by atoms with Crippen LogP contribution in [-0.4, -0.2) is 63.3 Å². The highest BCUT2D eigenvalue weighted by molar-refractivity contribution is 5.94. The number of aromatic nitrogens is 3. The number of hydrogen-bond donors (Lipinski definition) is 0. The summed E-state index contributed by atoms with van der Waals surface area (Å²) < 4.78 is 1.42. The zero-order chi connectivity index (χ0) is 23.0. The Hall–Kier alpha value is -3.23. The number of rotatable bonds is 3. The van der Waals surface area contributed by atoms with Gasteiger partial charge in [-0.15, -0.1) is 0 Å². The number of aryl methyl sites for hydroxylation is 1. The second kappa shape index (κ2) is 8.72. The molecule has 0 bridgehead atoms. The van der Waals surface area contributed by atoms with E-state index in [4.69, 9.17) is 9.97 Å². The molecule has 0 saturated carbocycles. The summed E-state index contributed by atoms with van der Waals surface area (Å²) >= 11 is 0. The number of carbonyl (C=O) groups is 2. The van der Waals surface area contributed by atoms with E-state index in [1.54, 1.807) is 26.2 Å². The molecule has 2 aromatic heterocycles. The van der Waals surface area contributed by atoms with Gasteiger partial charge in [-0.25, -0.2) is 9.97 Å². The molecule has 0 radical (unpaired) electrons. The Morgan fingerprint density at radius 1 is 1.12 bits per heavy atom. The first-order valence-electron chi connectivity index (χ1n) is 11.1. The van der Waals surface area contributed by atoms with Gasteiger partial charge in [-0.2, -0.15) is 0 Å². The number of likely N-dealkylation sites (tertiary alicyclic amines) is 1. The van der Waals surface area contributed by atoms with Gasteiger partial charge in [0.2, 0.25) is 11.5 Å². The van der Waals surface area contributed by atoms with Gasteiger partial charge < -0.3 is 19.3 Å². The first-order valence-corrected chi connectivity index (χ1v) is 11.1. The average Bonchev–Trinajstić information content (AvgIpc) is 2.79. The van der Waals surface area contributed by atoms with Crippen LogP contribution in [0.15, 0.2) is 23.1 Å². The van der Waals surface area contributed by atoms with Crippen LogP contribution in [0.2, 0.25) is 0 Å². The van der Waals surface area contributed by atoms with E-state index in [9.17, 15) is 14.4 Å². The summed E-state index contributed by atoms with van der Waals surface area (Å²) in [5.74, 6) is 1.39. The van der Waals surface area contributed by atoms with E-state index < -0.39 is 0 Å². The van der Waals surface area contributed by atoms with E-state index in [2.05, 4.69) is 0 Å². The summed E-state index contributed by atoms with van der Waals surface area (Å²) in [4.78, 5) is 52.4. The third kappa shape index (κ3) is 4.11. The van der Waals surface area contributed by atoms with E-state index in [1.807, 2.05) is 28.8 Å². The van der Waals surface area contributed by atoms with Crippen LogP contribution in [0.4, 0.5) is 5.82 Å². The van der Waals surface area contributed by atoms with E-state index in [-0.39, 0.29) is 23.4 Å². The standard InChI is InChI=1S/C23H30N6O3/c1-15(30)28-12-10-18-17(14-28)22(26(2)3)25-21(24-18)19-7-5-6-11-29(19)23(32)16-8-9-20(31)27(4)13-16/h8-9,13,19H,5-7,10-12,14H2,1-4H3/t19-/m1/s1. The van der Waals surface area contributed by atoms with Gasteiger partial charge in [-0.1, -0.05) is 0 Å². The van der Waals surface area contributed by atoms with E-state index in [0.29, 0.717) is 37.4 Å². The van der Waals surface area contributed by atoms with Gasteiger partial charge >= 0.3 is 0 Å². The van der Waals surface area contributed by atoms with Crippen molar-refractivity contribution >= 4 is 17.6 Å². The minimum atomic E-state index is -0.219. The molecule has 32 heavy (non-hydrogen) atoms. The third-order valence-electron chi connectivity index (χ3n) is 6.32. The molecular formula is C23H30N6O3. The molecule has 2 aliphatic heterocycles. The lowest BCUT2D eigenvalue weighted by atomic mass is 9.99. The molecule has 9 heteroatoms. The summed E-state index contributed by atoms with van der Waals surface area (Å²) in [7, 11) is 5.52. The molecule has 9 nitrogen and oxygen atoms in total. The van der Waals surface area contributed by atoms with Gasteiger partial charge in [0.25, 0.3) is 5.91 Å². The van der Waals surface area contributed by atoms with Crippen molar-refractivity contribution in [3.8, 4) is 0 Å². The highest BCUT2D eigenvalue weighted by atomic mass is 16.2. The van der Waals surface area contributed by atoms with Crippen molar-refractivity contribution in [2.75, 3.05) is 32.1 Å². The number of nitrogens with zero attached hydrogens (tertiary/aromatic N) is 6. The lowest BCUT2D eigenvalue weighted by Crippen LogP contribution is -2.41. The molecule has 0 aliphatic carbocycles. The molecular weight excluding hydrogens is 408 g/mol. The number of fused-ring (bicyclic) bond motifs is 1. The number of piperidine rings is 1. The van der Waals surface area contributed by atoms with Crippen LogP contribution < -0.4 is 10.5 Å². The van der Waals surface area contributed by atoms with Crippen LogP contribution in [0.25, 0.3) is 0 Å². The lowest BCUT2D eigenvalue weighted by molar-refractivity contribution is -0.129. The number of carbonyl (C=O) groups excluding carboxylic acids is 2. The molecule has 4 heterocycles. The Morgan fingerprint density at radius 2 is 1.91 bits per heavy atom. The smallest absolute Gasteiger partial charge is 0.255 e. The predicted octanol–water partition coefficient (Wildman–Crippen LogP) is 1.51. The maximum Gasteiger partial charge on any atom is 0.255 e. The summed E-state index contributed by atoms with van der Waals surface area (Å²) in [6, 6.07) is 2.79. The fourth-order valence-corrected chi connectivity index (χ4v) is 4.53. The summed E-state index contributed by atoms with van der Waals surface area (Å²) in [5.41, 5.74) is 2.27. The van der Waals surface area contributed by atoms with Gasteiger partial charge in [0.05, 0.1) is 23.8 Å². The SMILES string of the molecule is CC(=O)N1CCc2nc([C@H]3CCCCN3C(=O)c3ccc(=O)n(C)c3)nc(N(C)C)c2C1. The largest absolute Gasteiger partial charge is 0.362 e. The lowest BCUT2D eigenvalue weighted by Gasteiger charge is -2.36. The van der Waals surface area contributed by atoms with Crippen molar-refractivity contribution < 1.29 is 9.59 Å². The van der Waals surface area contributed by atoms with Crippen molar-refractivity contribution in [3.63, 3.8) is 0 Å². The molecule has 2 amide bonds. The van der Waals surface area contributed by atoms with Gasteiger partial charge in [0, 0.05) is 65.4 Å². The van der Waals surface area contributed by atoms with Crippen LogP contribution in [0.3, 0.4) is 0 Å². The average molecular weight is 439 g/mol. The number of hydrogen-bond acceptors (Lipinski definition) is 6. The maximum atomic E-state index is 13.4. The number of anilines is 1. The summed E-state index contributed by atoms with van der Waals surface area (Å²) in [6.07, 6.45) is 4.98. The third-order valence-corrected chi connectivity index (χ3v) is 6.32. The normalized spacial score (nSPS) is 18.3. The van der Waals surface area contributed by atoms with Crippen molar-refractivity contribution in [1.29, 1.82) is 0 Å². The molecule has 1 saturated heterocycles.